The molecule has 7 nitrogen and oxygen atoms in total. The van der Waals surface area contributed by atoms with Crippen LogP contribution in [0.25, 0.3) is 27.8 Å². The highest BCUT2D eigenvalue weighted by atomic mass is 16.5. The van der Waals surface area contributed by atoms with E-state index in [2.05, 4.69) is 37.8 Å². The summed E-state index contributed by atoms with van der Waals surface area (Å²) in [4.78, 5) is 12.8. The third-order valence-corrected chi connectivity index (χ3v) is 5.14. The van der Waals surface area contributed by atoms with Gasteiger partial charge in [0.1, 0.15) is 24.4 Å². The van der Waals surface area contributed by atoms with E-state index in [9.17, 15) is 0 Å². The van der Waals surface area contributed by atoms with Crippen LogP contribution in [0.5, 0.6) is 11.5 Å². The Morgan fingerprint density at radius 2 is 1.90 bits per heavy atom. The van der Waals surface area contributed by atoms with Crippen molar-refractivity contribution in [2.24, 2.45) is 0 Å². The molecule has 154 valence electrons. The monoisotopic (exact) mass is 411 g/mol. The molecule has 0 spiro atoms. The van der Waals surface area contributed by atoms with Gasteiger partial charge in [0.05, 0.1) is 37.2 Å². The molecule has 0 saturated heterocycles. The standard InChI is InChI=1S/C24H21N5O2/c1-30-21-4-2-3-19(13-21)29-15-22(24-23(29)14-26-16-27-24)18-5-7-20(8-6-18)31-12-11-28-10-9-25-17-28/h2-10,13-17H,11-12H2,1H3. The molecule has 0 bridgehead atoms. The quantitative estimate of drug-likeness (QED) is 0.398. The Morgan fingerprint density at radius 1 is 1.00 bits per heavy atom. The van der Waals surface area contributed by atoms with Gasteiger partial charge in [0.25, 0.3) is 0 Å². The molecule has 0 atom stereocenters. The maximum Gasteiger partial charge on any atom is 0.120 e. The fourth-order valence-electron chi connectivity index (χ4n) is 3.57. The van der Waals surface area contributed by atoms with Crippen molar-refractivity contribution in [1.82, 2.24) is 24.1 Å². The van der Waals surface area contributed by atoms with Gasteiger partial charge in [-0.2, -0.15) is 0 Å². The molecule has 0 aliphatic rings. The first-order chi connectivity index (χ1) is 15.3. The number of nitrogens with zero attached hydrogens (tertiary/aromatic N) is 5. The van der Waals surface area contributed by atoms with Crippen LogP contribution in [0.1, 0.15) is 0 Å². The fourth-order valence-corrected chi connectivity index (χ4v) is 3.57. The van der Waals surface area contributed by atoms with Crippen molar-refractivity contribution in [2.45, 2.75) is 6.54 Å². The SMILES string of the molecule is COc1cccc(-n2cc(-c3ccc(OCCn4ccnc4)cc3)c3ncncc32)c1. The Bertz CT molecular complexity index is 1290. The highest BCUT2D eigenvalue weighted by molar-refractivity contribution is 5.93. The van der Waals surface area contributed by atoms with Crippen molar-refractivity contribution >= 4 is 11.0 Å². The van der Waals surface area contributed by atoms with Gasteiger partial charge in [-0.3, -0.25) is 0 Å². The van der Waals surface area contributed by atoms with Gasteiger partial charge in [-0.15, -0.1) is 0 Å². The maximum atomic E-state index is 5.86. The zero-order valence-corrected chi connectivity index (χ0v) is 17.0. The second kappa shape index (κ2) is 8.31. The zero-order chi connectivity index (χ0) is 21.0. The summed E-state index contributed by atoms with van der Waals surface area (Å²) < 4.78 is 15.3. The molecule has 7 heteroatoms. The van der Waals surface area contributed by atoms with E-state index in [1.165, 1.54) is 0 Å². The molecule has 0 aliphatic carbocycles. The molecule has 0 saturated carbocycles. The Hall–Kier alpha value is -4.13. The minimum absolute atomic E-state index is 0.581. The molecule has 0 amide bonds. The van der Waals surface area contributed by atoms with Crippen LogP contribution in [0.2, 0.25) is 0 Å². The largest absolute Gasteiger partial charge is 0.497 e. The molecule has 0 radical (unpaired) electrons. The molecule has 2 aromatic carbocycles. The highest BCUT2D eigenvalue weighted by Gasteiger charge is 2.13. The van der Waals surface area contributed by atoms with E-state index in [1.54, 1.807) is 26.0 Å². The summed E-state index contributed by atoms with van der Waals surface area (Å²) in [6, 6.07) is 16.0. The molecule has 3 aromatic heterocycles. The number of aromatic nitrogens is 5. The van der Waals surface area contributed by atoms with Crippen LogP contribution in [-0.4, -0.2) is 37.8 Å². The van der Waals surface area contributed by atoms with Crippen LogP contribution in [0.4, 0.5) is 0 Å². The van der Waals surface area contributed by atoms with Gasteiger partial charge >= 0.3 is 0 Å². The highest BCUT2D eigenvalue weighted by Crippen LogP contribution is 2.32. The molecular weight excluding hydrogens is 390 g/mol. The molecule has 5 aromatic rings. The number of imidazole rings is 1. The number of benzene rings is 2. The Balaban J connectivity index is 1.43. The van der Waals surface area contributed by atoms with Crippen LogP contribution in [0, 0.1) is 0 Å². The molecule has 0 unspecified atom stereocenters. The van der Waals surface area contributed by atoms with Crippen LogP contribution in [0.15, 0.2) is 86.0 Å². The predicted molar refractivity (Wildman–Crippen MR) is 119 cm³/mol. The van der Waals surface area contributed by atoms with Crippen molar-refractivity contribution in [2.75, 3.05) is 13.7 Å². The lowest BCUT2D eigenvalue weighted by Crippen LogP contribution is -2.06. The number of methoxy groups -OCH3 is 1. The number of hydrogen-bond donors (Lipinski definition) is 0. The summed E-state index contributed by atoms with van der Waals surface area (Å²) in [5, 5.41) is 0. The molecule has 5 rings (SSSR count). The topological polar surface area (TPSA) is 67.0 Å². The Morgan fingerprint density at radius 3 is 2.71 bits per heavy atom. The van der Waals surface area contributed by atoms with Gasteiger partial charge in [-0.1, -0.05) is 18.2 Å². The van der Waals surface area contributed by atoms with Crippen LogP contribution in [0.3, 0.4) is 0 Å². The first-order valence-corrected chi connectivity index (χ1v) is 9.96. The second-order valence-electron chi connectivity index (χ2n) is 7.04. The van der Waals surface area contributed by atoms with Gasteiger partial charge in [-0.05, 0) is 29.8 Å². The lowest BCUT2D eigenvalue weighted by atomic mass is 10.1. The van der Waals surface area contributed by atoms with Crippen molar-refractivity contribution in [3.8, 4) is 28.3 Å². The molecule has 31 heavy (non-hydrogen) atoms. The fraction of sp³-hybridized carbons (Fsp3) is 0.125. The van der Waals surface area contributed by atoms with Crippen LogP contribution >= 0.6 is 0 Å². The number of rotatable bonds is 7. The zero-order valence-electron chi connectivity index (χ0n) is 17.0. The smallest absolute Gasteiger partial charge is 0.120 e. The van der Waals surface area contributed by atoms with E-state index in [0.29, 0.717) is 6.61 Å². The summed E-state index contributed by atoms with van der Waals surface area (Å²) >= 11 is 0. The van der Waals surface area contributed by atoms with E-state index in [1.807, 2.05) is 53.4 Å². The summed E-state index contributed by atoms with van der Waals surface area (Å²) in [7, 11) is 1.67. The van der Waals surface area contributed by atoms with E-state index in [-0.39, 0.29) is 0 Å². The first kappa shape index (κ1) is 18.9. The van der Waals surface area contributed by atoms with Gasteiger partial charge in [0, 0.05) is 35.9 Å². The van der Waals surface area contributed by atoms with Crippen LogP contribution in [-0.2, 0) is 6.54 Å². The minimum Gasteiger partial charge on any atom is -0.497 e. The van der Waals surface area contributed by atoms with Gasteiger partial charge in [0.2, 0.25) is 0 Å². The number of fused-ring (bicyclic) bond motifs is 1. The lowest BCUT2D eigenvalue weighted by Gasteiger charge is -2.07. The minimum atomic E-state index is 0.581. The van der Waals surface area contributed by atoms with E-state index in [0.717, 1.165) is 45.9 Å². The second-order valence-corrected chi connectivity index (χ2v) is 7.04. The van der Waals surface area contributed by atoms with Crippen molar-refractivity contribution in [3.05, 3.63) is 86.0 Å². The van der Waals surface area contributed by atoms with E-state index in [4.69, 9.17) is 9.47 Å². The summed E-state index contributed by atoms with van der Waals surface area (Å²) in [5.41, 5.74) is 4.92. The molecule has 0 aliphatic heterocycles. The van der Waals surface area contributed by atoms with E-state index >= 15 is 0 Å². The average Bonchev–Trinajstić information content (AvgIpc) is 3.48. The third kappa shape index (κ3) is 3.85. The molecular formula is C24H21N5O2. The summed E-state index contributed by atoms with van der Waals surface area (Å²) in [6.45, 7) is 1.34. The van der Waals surface area contributed by atoms with Gasteiger partial charge in [0.15, 0.2) is 0 Å². The van der Waals surface area contributed by atoms with Crippen molar-refractivity contribution in [3.63, 3.8) is 0 Å². The number of hydrogen-bond acceptors (Lipinski definition) is 5. The molecule has 0 N–H and O–H groups in total. The third-order valence-electron chi connectivity index (χ3n) is 5.14. The normalized spacial score (nSPS) is 11.0. The molecule has 0 fully saturated rings. The predicted octanol–water partition coefficient (Wildman–Crippen LogP) is 4.37. The summed E-state index contributed by atoms with van der Waals surface area (Å²) in [5.74, 6) is 1.63. The molecule has 3 heterocycles. The van der Waals surface area contributed by atoms with Gasteiger partial charge in [-0.25, -0.2) is 15.0 Å². The Labute approximate surface area is 179 Å². The number of ether oxygens (including phenoxy) is 2. The summed E-state index contributed by atoms with van der Waals surface area (Å²) in [6.07, 6.45) is 11.0. The Kier molecular flexibility index (Phi) is 5.06. The average molecular weight is 411 g/mol. The van der Waals surface area contributed by atoms with Crippen LogP contribution < -0.4 is 9.47 Å². The van der Waals surface area contributed by atoms with Crippen molar-refractivity contribution < 1.29 is 9.47 Å². The van der Waals surface area contributed by atoms with E-state index < -0.39 is 0 Å². The lowest BCUT2D eigenvalue weighted by molar-refractivity contribution is 0.298. The van der Waals surface area contributed by atoms with Gasteiger partial charge < -0.3 is 18.6 Å². The van der Waals surface area contributed by atoms with Crippen molar-refractivity contribution in [1.29, 1.82) is 0 Å². The maximum absolute atomic E-state index is 5.86. The first-order valence-electron chi connectivity index (χ1n) is 9.96.